The fraction of sp³-hybridized carbons (Fsp3) is 1.00. The summed E-state index contributed by atoms with van der Waals surface area (Å²) < 4.78 is 28.0. The lowest BCUT2D eigenvalue weighted by atomic mass is 10.1. The summed E-state index contributed by atoms with van der Waals surface area (Å²) in [5, 5.41) is 0.645. The van der Waals surface area contributed by atoms with E-state index in [1.54, 1.807) is 0 Å². The lowest BCUT2D eigenvalue weighted by molar-refractivity contribution is 0.416. The Morgan fingerprint density at radius 2 is 1.75 bits per heavy atom. The number of alkyl halides is 1. The lowest BCUT2D eigenvalue weighted by Crippen LogP contribution is -2.46. The summed E-state index contributed by atoms with van der Waals surface area (Å²) in [6, 6.07) is -0.0365. The highest BCUT2D eigenvalue weighted by Crippen LogP contribution is 2.09. The maximum Gasteiger partial charge on any atom is 0.279 e. The summed E-state index contributed by atoms with van der Waals surface area (Å²) >= 11 is 3.34. The van der Waals surface area contributed by atoms with E-state index < -0.39 is 10.2 Å². The molecule has 0 fully saturated rings. The first-order chi connectivity index (χ1) is 7.37. The Bertz CT molecular complexity index is 277. The topological polar surface area (TPSA) is 49.4 Å². The number of halogens is 1. The normalized spacial score (nSPS) is 14.7. The van der Waals surface area contributed by atoms with Crippen molar-refractivity contribution in [1.82, 2.24) is 9.03 Å². The zero-order valence-electron chi connectivity index (χ0n) is 10.5. The number of rotatable bonds is 8. The van der Waals surface area contributed by atoms with E-state index in [0.717, 1.165) is 6.42 Å². The molecule has 0 aliphatic heterocycles. The predicted molar refractivity (Wildman–Crippen MR) is 72.0 cm³/mol. The summed E-state index contributed by atoms with van der Waals surface area (Å²) in [6.45, 7) is 8.86. The van der Waals surface area contributed by atoms with E-state index in [1.807, 2.05) is 13.8 Å². The van der Waals surface area contributed by atoms with Crippen LogP contribution in [0.4, 0.5) is 0 Å². The van der Waals surface area contributed by atoms with E-state index in [9.17, 15) is 8.42 Å². The molecule has 0 radical (unpaired) electrons. The molecular formula is C10H23BrN2O2S. The second-order valence-corrected chi connectivity index (χ2v) is 6.54. The van der Waals surface area contributed by atoms with E-state index in [-0.39, 0.29) is 6.04 Å². The van der Waals surface area contributed by atoms with Crippen LogP contribution < -0.4 is 4.72 Å². The van der Waals surface area contributed by atoms with Crippen LogP contribution in [0.2, 0.25) is 0 Å². The Hall–Kier alpha value is 0.350. The highest BCUT2D eigenvalue weighted by atomic mass is 79.9. The zero-order valence-corrected chi connectivity index (χ0v) is 12.9. The van der Waals surface area contributed by atoms with Gasteiger partial charge in [-0.05, 0) is 12.3 Å². The maximum atomic E-state index is 11.9. The average molecular weight is 315 g/mol. The van der Waals surface area contributed by atoms with Gasteiger partial charge in [0.1, 0.15) is 0 Å². The van der Waals surface area contributed by atoms with Crippen molar-refractivity contribution in [2.75, 3.05) is 18.4 Å². The fourth-order valence-electron chi connectivity index (χ4n) is 1.56. The molecule has 0 aromatic rings. The molecule has 0 aliphatic rings. The lowest BCUT2D eigenvalue weighted by Gasteiger charge is -2.24. The first-order valence-electron chi connectivity index (χ1n) is 5.70. The van der Waals surface area contributed by atoms with E-state index in [1.165, 1.54) is 4.31 Å². The standard InChI is InChI=1S/C10H23BrN2O2S/c1-5-13(6-2)16(14,15)12-10(8-11)7-9(3)4/h9-10,12H,5-8H2,1-4H3. The first kappa shape index (κ1) is 16.4. The van der Waals surface area contributed by atoms with Gasteiger partial charge in [0, 0.05) is 24.5 Å². The van der Waals surface area contributed by atoms with Crippen LogP contribution in [0.5, 0.6) is 0 Å². The smallest absolute Gasteiger partial charge is 0.198 e. The molecule has 1 unspecified atom stereocenters. The molecular weight excluding hydrogens is 292 g/mol. The van der Waals surface area contributed by atoms with Gasteiger partial charge < -0.3 is 0 Å². The highest BCUT2D eigenvalue weighted by molar-refractivity contribution is 9.09. The molecule has 0 bridgehead atoms. The molecule has 0 saturated heterocycles. The van der Waals surface area contributed by atoms with Crippen molar-refractivity contribution in [3.05, 3.63) is 0 Å². The van der Waals surface area contributed by atoms with Crippen LogP contribution in [0.1, 0.15) is 34.1 Å². The van der Waals surface area contributed by atoms with Gasteiger partial charge in [0.25, 0.3) is 10.2 Å². The summed E-state index contributed by atoms with van der Waals surface area (Å²) in [5.41, 5.74) is 0. The molecule has 0 heterocycles. The Balaban J connectivity index is 4.53. The number of nitrogens with zero attached hydrogens (tertiary/aromatic N) is 1. The van der Waals surface area contributed by atoms with Crippen LogP contribution in [-0.2, 0) is 10.2 Å². The third kappa shape index (κ3) is 5.61. The van der Waals surface area contributed by atoms with Crippen molar-refractivity contribution in [3.63, 3.8) is 0 Å². The van der Waals surface area contributed by atoms with Crippen molar-refractivity contribution in [2.24, 2.45) is 5.92 Å². The molecule has 0 aromatic carbocycles. The van der Waals surface area contributed by atoms with Gasteiger partial charge in [0.15, 0.2) is 0 Å². The van der Waals surface area contributed by atoms with Gasteiger partial charge >= 0.3 is 0 Å². The van der Waals surface area contributed by atoms with E-state index in [4.69, 9.17) is 0 Å². The highest BCUT2D eigenvalue weighted by Gasteiger charge is 2.22. The third-order valence-electron chi connectivity index (χ3n) is 2.30. The van der Waals surface area contributed by atoms with Crippen LogP contribution in [0.15, 0.2) is 0 Å². The number of hydrogen-bond acceptors (Lipinski definition) is 2. The van der Waals surface area contributed by atoms with Crippen LogP contribution in [0.3, 0.4) is 0 Å². The van der Waals surface area contributed by atoms with Gasteiger partial charge in [-0.15, -0.1) is 0 Å². The largest absolute Gasteiger partial charge is 0.279 e. The molecule has 0 rings (SSSR count). The van der Waals surface area contributed by atoms with Gasteiger partial charge in [0.2, 0.25) is 0 Å². The monoisotopic (exact) mass is 314 g/mol. The molecule has 0 amide bonds. The van der Waals surface area contributed by atoms with Gasteiger partial charge in [0.05, 0.1) is 0 Å². The van der Waals surface area contributed by atoms with Crippen LogP contribution in [0, 0.1) is 5.92 Å². The zero-order chi connectivity index (χ0) is 12.8. The van der Waals surface area contributed by atoms with Crippen molar-refractivity contribution in [2.45, 2.75) is 40.2 Å². The van der Waals surface area contributed by atoms with Gasteiger partial charge in [-0.3, -0.25) is 0 Å². The van der Waals surface area contributed by atoms with E-state index in [2.05, 4.69) is 34.5 Å². The molecule has 16 heavy (non-hydrogen) atoms. The Labute approximate surface area is 108 Å². The maximum absolute atomic E-state index is 11.9. The van der Waals surface area contributed by atoms with Crippen molar-refractivity contribution in [1.29, 1.82) is 0 Å². The molecule has 4 nitrogen and oxygen atoms in total. The van der Waals surface area contributed by atoms with Gasteiger partial charge in [-0.2, -0.15) is 17.4 Å². The second kappa shape index (κ2) is 7.63. The van der Waals surface area contributed by atoms with Crippen molar-refractivity contribution >= 4 is 26.1 Å². The quantitative estimate of drug-likeness (QED) is 0.696. The van der Waals surface area contributed by atoms with Gasteiger partial charge in [-0.1, -0.05) is 43.6 Å². The summed E-state index contributed by atoms with van der Waals surface area (Å²) in [6.07, 6.45) is 0.839. The molecule has 6 heteroatoms. The van der Waals surface area contributed by atoms with Gasteiger partial charge in [-0.25, -0.2) is 0 Å². The number of hydrogen-bond donors (Lipinski definition) is 1. The van der Waals surface area contributed by atoms with Crippen molar-refractivity contribution in [3.8, 4) is 0 Å². The molecule has 0 aliphatic carbocycles. The summed E-state index contributed by atoms with van der Waals surface area (Å²) in [5.74, 6) is 0.474. The molecule has 0 saturated carbocycles. The Morgan fingerprint density at radius 1 is 1.25 bits per heavy atom. The van der Waals surface area contributed by atoms with Crippen LogP contribution >= 0.6 is 15.9 Å². The SMILES string of the molecule is CCN(CC)S(=O)(=O)NC(CBr)CC(C)C. The van der Waals surface area contributed by atoms with Crippen molar-refractivity contribution < 1.29 is 8.42 Å². The first-order valence-corrected chi connectivity index (χ1v) is 8.26. The van der Waals surface area contributed by atoms with E-state index >= 15 is 0 Å². The molecule has 1 N–H and O–H groups in total. The average Bonchev–Trinajstić information content (AvgIpc) is 2.16. The summed E-state index contributed by atoms with van der Waals surface area (Å²) in [4.78, 5) is 0. The second-order valence-electron chi connectivity index (χ2n) is 4.19. The third-order valence-corrected chi connectivity index (χ3v) is 4.91. The minimum absolute atomic E-state index is 0.0365. The summed E-state index contributed by atoms with van der Waals surface area (Å²) in [7, 11) is -3.33. The molecule has 1 atom stereocenters. The fourth-order valence-corrected chi connectivity index (χ4v) is 3.63. The van der Waals surface area contributed by atoms with Crippen LogP contribution in [-0.4, -0.2) is 37.2 Å². The molecule has 0 spiro atoms. The molecule has 98 valence electrons. The number of nitrogens with one attached hydrogen (secondary N) is 1. The molecule has 0 aromatic heterocycles. The Kier molecular flexibility index (Phi) is 7.80. The predicted octanol–water partition coefficient (Wildman–Crippen LogP) is 1.97. The minimum Gasteiger partial charge on any atom is -0.198 e. The van der Waals surface area contributed by atoms with Crippen LogP contribution in [0.25, 0.3) is 0 Å². The van der Waals surface area contributed by atoms with E-state index in [0.29, 0.717) is 24.3 Å². The minimum atomic E-state index is -3.33. The Morgan fingerprint density at radius 3 is 2.06 bits per heavy atom.